The molecular weight excluding hydrogens is 346 g/mol. The van der Waals surface area contributed by atoms with E-state index in [4.69, 9.17) is 0 Å². The van der Waals surface area contributed by atoms with Gasteiger partial charge in [-0.15, -0.1) is 10.2 Å². The van der Waals surface area contributed by atoms with Crippen molar-refractivity contribution in [1.29, 1.82) is 0 Å². The van der Waals surface area contributed by atoms with E-state index < -0.39 is 0 Å². The zero-order valence-corrected chi connectivity index (χ0v) is 15.7. The zero-order chi connectivity index (χ0) is 18.7. The summed E-state index contributed by atoms with van der Waals surface area (Å²) in [5, 5.41) is 12.1. The van der Waals surface area contributed by atoms with Gasteiger partial charge in [-0.2, -0.15) is 0 Å². The Bertz CT molecular complexity index is 961. The molecule has 0 spiro atoms. The van der Waals surface area contributed by atoms with E-state index >= 15 is 0 Å². The molecule has 2 aromatic carbocycles. The van der Waals surface area contributed by atoms with Crippen LogP contribution in [0.5, 0.6) is 0 Å². The molecule has 1 N–H and O–H groups in total. The third-order valence-electron chi connectivity index (χ3n) is 4.06. The molecule has 1 amide bonds. The number of hydrogen-bond acceptors (Lipinski definition) is 5. The molecular formula is C20H19N3O2S. The predicted octanol–water partition coefficient (Wildman–Crippen LogP) is 3.94. The van der Waals surface area contributed by atoms with Crippen molar-refractivity contribution in [3.63, 3.8) is 0 Å². The van der Waals surface area contributed by atoms with Gasteiger partial charge in [0.05, 0.1) is 0 Å². The molecule has 5 nitrogen and oxygen atoms in total. The van der Waals surface area contributed by atoms with Crippen molar-refractivity contribution in [2.75, 3.05) is 5.32 Å². The molecule has 6 heteroatoms. The fraction of sp³-hybridized carbons (Fsp3) is 0.200. The van der Waals surface area contributed by atoms with E-state index in [2.05, 4.69) is 47.6 Å². The molecule has 0 atom stereocenters. The number of carbonyl (C=O) groups excluding carboxylic acids is 2. The first kappa shape index (κ1) is 17.9. The Morgan fingerprint density at radius 2 is 1.73 bits per heavy atom. The van der Waals surface area contributed by atoms with Gasteiger partial charge in [0.15, 0.2) is 5.01 Å². The number of hydrogen-bond donors (Lipinski definition) is 1. The third-order valence-corrected chi connectivity index (χ3v) is 4.98. The molecule has 0 radical (unpaired) electrons. The smallest absolute Gasteiger partial charge is 0.223 e. The molecule has 0 bridgehead atoms. The van der Waals surface area contributed by atoms with Crippen LogP contribution in [-0.4, -0.2) is 21.9 Å². The Morgan fingerprint density at radius 1 is 1.00 bits per heavy atom. The van der Waals surface area contributed by atoms with Crippen molar-refractivity contribution >= 4 is 28.7 Å². The normalized spacial score (nSPS) is 10.6. The van der Waals surface area contributed by atoms with Crippen molar-refractivity contribution in [1.82, 2.24) is 10.2 Å². The lowest BCUT2D eigenvalue weighted by molar-refractivity contribution is -0.114. The van der Waals surface area contributed by atoms with Crippen LogP contribution in [0.1, 0.15) is 44.0 Å². The minimum atomic E-state index is -0.164. The molecule has 3 aromatic rings. The first-order valence-electron chi connectivity index (χ1n) is 8.23. The van der Waals surface area contributed by atoms with Crippen LogP contribution in [0.25, 0.3) is 0 Å². The monoisotopic (exact) mass is 365 g/mol. The van der Waals surface area contributed by atoms with Gasteiger partial charge < -0.3 is 5.32 Å². The summed E-state index contributed by atoms with van der Waals surface area (Å²) in [6.07, 6.45) is 0.660. The summed E-state index contributed by atoms with van der Waals surface area (Å²) < 4.78 is 0. The summed E-state index contributed by atoms with van der Waals surface area (Å²) in [6.45, 7) is 5.61. The highest BCUT2D eigenvalue weighted by atomic mass is 32.1. The summed E-state index contributed by atoms with van der Waals surface area (Å²) >= 11 is 1.31. The average molecular weight is 365 g/mol. The summed E-state index contributed by atoms with van der Waals surface area (Å²) in [6, 6.07) is 13.1. The Kier molecular flexibility index (Phi) is 5.23. The summed E-state index contributed by atoms with van der Waals surface area (Å²) in [5.74, 6) is -0.313. The number of ketones is 1. The van der Waals surface area contributed by atoms with Gasteiger partial charge >= 0.3 is 0 Å². The predicted molar refractivity (Wildman–Crippen MR) is 103 cm³/mol. The maximum absolute atomic E-state index is 12.6. The Balaban J connectivity index is 1.73. The minimum Gasteiger partial charge on any atom is -0.326 e. The SMILES string of the molecule is CC(=O)Nc1ccc(C(=O)c2nnc(Cc3ccc(C)c(C)c3)s2)cc1. The van der Waals surface area contributed by atoms with E-state index in [1.807, 2.05) is 0 Å². The van der Waals surface area contributed by atoms with Gasteiger partial charge in [0, 0.05) is 24.6 Å². The van der Waals surface area contributed by atoms with Crippen LogP contribution in [0.15, 0.2) is 42.5 Å². The van der Waals surface area contributed by atoms with Gasteiger partial charge in [0.2, 0.25) is 11.7 Å². The summed E-state index contributed by atoms with van der Waals surface area (Å²) in [5.41, 5.74) is 4.82. The maximum Gasteiger partial charge on any atom is 0.223 e. The van der Waals surface area contributed by atoms with Gasteiger partial charge in [0.1, 0.15) is 5.01 Å². The minimum absolute atomic E-state index is 0.149. The van der Waals surface area contributed by atoms with Crippen molar-refractivity contribution in [2.24, 2.45) is 0 Å². The molecule has 0 aliphatic carbocycles. The lowest BCUT2D eigenvalue weighted by Crippen LogP contribution is -2.06. The van der Waals surface area contributed by atoms with E-state index in [1.165, 1.54) is 29.4 Å². The quantitative estimate of drug-likeness (QED) is 0.695. The number of carbonyl (C=O) groups is 2. The Labute approximate surface area is 156 Å². The van der Waals surface area contributed by atoms with Crippen molar-refractivity contribution in [3.05, 3.63) is 74.7 Å². The number of aromatic nitrogens is 2. The first-order valence-corrected chi connectivity index (χ1v) is 9.05. The van der Waals surface area contributed by atoms with Crippen LogP contribution in [0.2, 0.25) is 0 Å². The largest absolute Gasteiger partial charge is 0.326 e. The van der Waals surface area contributed by atoms with E-state index in [-0.39, 0.29) is 11.7 Å². The maximum atomic E-state index is 12.6. The molecule has 0 saturated heterocycles. The lowest BCUT2D eigenvalue weighted by atomic mass is 10.0. The topological polar surface area (TPSA) is 72.0 Å². The molecule has 1 aromatic heterocycles. The van der Waals surface area contributed by atoms with Crippen LogP contribution < -0.4 is 5.32 Å². The molecule has 3 rings (SSSR count). The third kappa shape index (κ3) is 4.21. The Morgan fingerprint density at radius 3 is 2.38 bits per heavy atom. The molecule has 0 fully saturated rings. The molecule has 0 unspecified atom stereocenters. The number of aryl methyl sites for hydroxylation is 2. The first-order chi connectivity index (χ1) is 12.4. The zero-order valence-electron chi connectivity index (χ0n) is 14.9. The van der Waals surface area contributed by atoms with E-state index in [0.29, 0.717) is 22.7 Å². The molecule has 0 aliphatic heterocycles. The molecule has 0 saturated carbocycles. The number of benzene rings is 2. The van der Waals surface area contributed by atoms with Crippen LogP contribution in [0.3, 0.4) is 0 Å². The van der Waals surface area contributed by atoms with Gasteiger partial charge in [-0.1, -0.05) is 29.5 Å². The highest BCUT2D eigenvalue weighted by Gasteiger charge is 2.15. The second-order valence-corrected chi connectivity index (χ2v) is 7.25. The van der Waals surface area contributed by atoms with Gasteiger partial charge in [-0.3, -0.25) is 9.59 Å². The van der Waals surface area contributed by atoms with Crippen molar-refractivity contribution < 1.29 is 9.59 Å². The molecule has 26 heavy (non-hydrogen) atoms. The fourth-order valence-corrected chi connectivity index (χ4v) is 3.37. The van der Waals surface area contributed by atoms with Gasteiger partial charge in [-0.05, 0) is 54.8 Å². The summed E-state index contributed by atoms with van der Waals surface area (Å²) in [7, 11) is 0. The van der Waals surface area contributed by atoms with Crippen molar-refractivity contribution in [2.45, 2.75) is 27.2 Å². The van der Waals surface area contributed by atoms with E-state index in [0.717, 1.165) is 10.6 Å². The molecule has 132 valence electrons. The lowest BCUT2D eigenvalue weighted by Gasteiger charge is -2.03. The number of anilines is 1. The molecule has 1 heterocycles. The molecule has 0 aliphatic rings. The van der Waals surface area contributed by atoms with Gasteiger partial charge in [-0.25, -0.2) is 0 Å². The van der Waals surface area contributed by atoms with E-state index in [1.54, 1.807) is 24.3 Å². The number of nitrogens with zero attached hydrogens (tertiary/aromatic N) is 2. The van der Waals surface area contributed by atoms with E-state index in [9.17, 15) is 9.59 Å². The van der Waals surface area contributed by atoms with Crippen LogP contribution in [0.4, 0.5) is 5.69 Å². The van der Waals surface area contributed by atoms with Gasteiger partial charge in [0.25, 0.3) is 0 Å². The highest BCUT2D eigenvalue weighted by molar-refractivity contribution is 7.13. The fourth-order valence-electron chi connectivity index (χ4n) is 2.54. The van der Waals surface area contributed by atoms with Crippen LogP contribution >= 0.6 is 11.3 Å². The second kappa shape index (κ2) is 7.58. The number of rotatable bonds is 5. The summed E-state index contributed by atoms with van der Waals surface area (Å²) in [4.78, 5) is 23.6. The van der Waals surface area contributed by atoms with Crippen LogP contribution in [-0.2, 0) is 11.2 Å². The average Bonchev–Trinajstić information content (AvgIpc) is 3.06. The number of amides is 1. The standard InChI is InChI=1S/C20H19N3O2S/c1-12-4-5-15(10-13(12)2)11-18-22-23-20(26-18)19(25)16-6-8-17(9-7-16)21-14(3)24/h4-10H,11H2,1-3H3,(H,21,24). The Hall–Kier alpha value is -2.86. The second-order valence-electron chi connectivity index (χ2n) is 6.18. The van der Waals surface area contributed by atoms with Crippen molar-refractivity contribution in [3.8, 4) is 0 Å². The highest BCUT2D eigenvalue weighted by Crippen LogP contribution is 2.20. The number of nitrogens with one attached hydrogen (secondary N) is 1. The van der Waals surface area contributed by atoms with Crippen LogP contribution in [0, 0.1) is 13.8 Å².